The molecule has 2 N–H and O–H groups in total. The monoisotopic (exact) mass is 298 g/mol. The summed E-state index contributed by atoms with van der Waals surface area (Å²) in [6.07, 6.45) is 4.34. The number of piperidine rings is 1. The van der Waals surface area contributed by atoms with Crippen LogP contribution >= 0.6 is 0 Å². The summed E-state index contributed by atoms with van der Waals surface area (Å²) in [7, 11) is 0. The maximum absolute atomic E-state index is 12.2. The van der Waals surface area contributed by atoms with Crippen molar-refractivity contribution < 1.29 is 19.4 Å². The average molecular weight is 298 g/mol. The van der Waals surface area contributed by atoms with Crippen molar-refractivity contribution in [3.8, 4) is 0 Å². The molecule has 2 rings (SSSR count). The van der Waals surface area contributed by atoms with Gasteiger partial charge in [-0.05, 0) is 45.4 Å². The summed E-state index contributed by atoms with van der Waals surface area (Å²) in [5, 5.41) is 12.5. The van der Waals surface area contributed by atoms with E-state index in [4.69, 9.17) is 4.74 Å². The Balaban J connectivity index is 1.71. The smallest absolute Gasteiger partial charge is 0.317 e. The van der Waals surface area contributed by atoms with Crippen LogP contribution in [0.4, 0.5) is 4.79 Å². The molecule has 6 nitrogen and oxygen atoms in total. The molecule has 2 fully saturated rings. The quantitative estimate of drug-likeness (QED) is 0.769. The number of nitrogens with zero attached hydrogens (tertiary/aromatic N) is 1. The van der Waals surface area contributed by atoms with E-state index >= 15 is 0 Å². The van der Waals surface area contributed by atoms with E-state index in [1.807, 2.05) is 6.92 Å². The van der Waals surface area contributed by atoms with Crippen molar-refractivity contribution in [3.63, 3.8) is 0 Å². The van der Waals surface area contributed by atoms with E-state index in [0.717, 1.165) is 25.7 Å². The number of rotatable bonds is 3. The van der Waals surface area contributed by atoms with Crippen LogP contribution in [0.1, 0.15) is 45.4 Å². The number of aliphatic hydroxyl groups is 1. The molecule has 6 heteroatoms. The topological polar surface area (TPSA) is 78.9 Å². The van der Waals surface area contributed by atoms with Gasteiger partial charge in [0.15, 0.2) is 0 Å². The fourth-order valence-corrected chi connectivity index (χ4v) is 3.06. The van der Waals surface area contributed by atoms with Crippen LogP contribution in [0.3, 0.4) is 0 Å². The molecule has 0 aromatic heterocycles. The number of aliphatic hydroxyl groups excluding tert-OH is 1. The summed E-state index contributed by atoms with van der Waals surface area (Å²) in [5.74, 6) is -0.211. The van der Waals surface area contributed by atoms with Crippen LogP contribution in [0, 0.1) is 5.92 Å². The fraction of sp³-hybridized carbons (Fsp3) is 0.867. The van der Waals surface area contributed by atoms with Gasteiger partial charge in [0.1, 0.15) is 0 Å². The van der Waals surface area contributed by atoms with E-state index < -0.39 is 0 Å². The molecule has 1 aliphatic carbocycles. The van der Waals surface area contributed by atoms with Crippen LogP contribution in [0.2, 0.25) is 0 Å². The van der Waals surface area contributed by atoms with E-state index in [9.17, 15) is 14.7 Å². The van der Waals surface area contributed by atoms with Crippen molar-refractivity contribution >= 4 is 12.0 Å². The number of amides is 2. The third-order valence-electron chi connectivity index (χ3n) is 4.43. The Morgan fingerprint density at radius 1 is 1.14 bits per heavy atom. The first-order valence-corrected chi connectivity index (χ1v) is 8.00. The molecule has 1 aliphatic heterocycles. The average Bonchev–Trinajstić information content (AvgIpc) is 2.50. The summed E-state index contributed by atoms with van der Waals surface area (Å²) in [6.45, 7) is 3.42. The van der Waals surface area contributed by atoms with Crippen LogP contribution in [-0.2, 0) is 9.53 Å². The Bertz CT molecular complexity index is 359. The number of hydrogen-bond donors (Lipinski definition) is 2. The zero-order chi connectivity index (χ0) is 15.2. The van der Waals surface area contributed by atoms with E-state index in [0.29, 0.717) is 32.5 Å². The summed E-state index contributed by atoms with van der Waals surface area (Å²) in [4.78, 5) is 25.6. The van der Waals surface area contributed by atoms with Crippen molar-refractivity contribution in [2.24, 2.45) is 5.92 Å². The zero-order valence-corrected chi connectivity index (χ0v) is 12.7. The van der Waals surface area contributed by atoms with Crippen LogP contribution in [0.25, 0.3) is 0 Å². The van der Waals surface area contributed by atoms with Gasteiger partial charge in [-0.15, -0.1) is 0 Å². The number of esters is 1. The van der Waals surface area contributed by atoms with Crippen LogP contribution < -0.4 is 5.32 Å². The number of likely N-dealkylation sites (tertiary alicyclic amines) is 1. The molecule has 120 valence electrons. The van der Waals surface area contributed by atoms with E-state index in [2.05, 4.69) is 5.32 Å². The molecular weight excluding hydrogens is 272 g/mol. The van der Waals surface area contributed by atoms with Crippen LogP contribution in [0.15, 0.2) is 0 Å². The zero-order valence-electron chi connectivity index (χ0n) is 12.7. The van der Waals surface area contributed by atoms with E-state index in [-0.39, 0.29) is 30.1 Å². The molecule has 0 unspecified atom stereocenters. The molecule has 2 amide bonds. The van der Waals surface area contributed by atoms with Gasteiger partial charge in [-0.2, -0.15) is 0 Å². The van der Waals surface area contributed by atoms with E-state index in [1.165, 1.54) is 0 Å². The number of nitrogens with one attached hydrogen (secondary N) is 1. The van der Waals surface area contributed by atoms with Gasteiger partial charge in [0.05, 0.1) is 18.6 Å². The van der Waals surface area contributed by atoms with Crippen molar-refractivity contribution in [1.29, 1.82) is 0 Å². The second-order valence-corrected chi connectivity index (χ2v) is 5.97. The van der Waals surface area contributed by atoms with Gasteiger partial charge < -0.3 is 20.1 Å². The third-order valence-corrected chi connectivity index (χ3v) is 4.43. The molecule has 0 aromatic carbocycles. The van der Waals surface area contributed by atoms with E-state index in [1.54, 1.807) is 4.90 Å². The molecular formula is C15H26N2O4. The lowest BCUT2D eigenvalue weighted by molar-refractivity contribution is -0.149. The van der Waals surface area contributed by atoms with Crippen molar-refractivity contribution in [1.82, 2.24) is 10.2 Å². The first kappa shape index (κ1) is 16.1. The molecule has 2 aliphatic rings. The lowest BCUT2D eigenvalue weighted by atomic mass is 9.93. The van der Waals surface area contributed by atoms with Crippen LogP contribution in [0.5, 0.6) is 0 Å². The normalized spacial score (nSPS) is 27.2. The minimum absolute atomic E-state index is 0.0429. The summed E-state index contributed by atoms with van der Waals surface area (Å²) in [5.41, 5.74) is 0. The summed E-state index contributed by atoms with van der Waals surface area (Å²) in [6, 6.07) is 0.127. The predicted molar refractivity (Wildman–Crippen MR) is 77.7 cm³/mol. The van der Waals surface area contributed by atoms with Gasteiger partial charge >= 0.3 is 12.0 Å². The molecule has 1 heterocycles. The Kier molecular flexibility index (Phi) is 5.85. The highest BCUT2D eigenvalue weighted by Crippen LogP contribution is 2.21. The predicted octanol–water partition coefficient (Wildman–Crippen LogP) is 1.27. The van der Waals surface area contributed by atoms with Gasteiger partial charge in [-0.3, -0.25) is 4.79 Å². The molecule has 0 spiro atoms. The highest BCUT2D eigenvalue weighted by molar-refractivity contribution is 5.76. The standard InChI is InChI=1S/C15H26N2O4/c1-2-21-14(19)11-7-9-17(10-8-11)15(20)16-12-3-5-13(18)6-4-12/h11-13,18H,2-10H2,1H3,(H,16,20). The van der Waals surface area contributed by atoms with Crippen molar-refractivity contribution in [2.75, 3.05) is 19.7 Å². The van der Waals surface area contributed by atoms with Crippen molar-refractivity contribution in [2.45, 2.75) is 57.6 Å². The van der Waals surface area contributed by atoms with Gasteiger partial charge in [-0.25, -0.2) is 4.79 Å². The fourth-order valence-electron chi connectivity index (χ4n) is 3.06. The number of carbonyl (C=O) groups is 2. The molecule has 0 aromatic rings. The van der Waals surface area contributed by atoms with Crippen molar-refractivity contribution in [3.05, 3.63) is 0 Å². The molecule has 21 heavy (non-hydrogen) atoms. The summed E-state index contributed by atoms with van der Waals surface area (Å²) >= 11 is 0. The minimum Gasteiger partial charge on any atom is -0.466 e. The Morgan fingerprint density at radius 2 is 1.76 bits per heavy atom. The Morgan fingerprint density at radius 3 is 2.33 bits per heavy atom. The second-order valence-electron chi connectivity index (χ2n) is 5.97. The summed E-state index contributed by atoms with van der Waals surface area (Å²) < 4.78 is 5.03. The number of urea groups is 1. The molecule has 0 atom stereocenters. The highest BCUT2D eigenvalue weighted by atomic mass is 16.5. The first-order valence-electron chi connectivity index (χ1n) is 8.00. The number of ether oxygens (including phenoxy) is 1. The lowest BCUT2D eigenvalue weighted by Gasteiger charge is -2.33. The largest absolute Gasteiger partial charge is 0.466 e. The number of hydrogen-bond acceptors (Lipinski definition) is 4. The first-order chi connectivity index (χ1) is 10.1. The minimum atomic E-state index is -0.210. The molecule has 1 saturated carbocycles. The number of carbonyl (C=O) groups excluding carboxylic acids is 2. The Hall–Kier alpha value is -1.30. The maximum atomic E-state index is 12.2. The molecule has 0 radical (unpaired) electrons. The van der Waals surface area contributed by atoms with Gasteiger partial charge in [0.25, 0.3) is 0 Å². The van der Waals surface area contributed by atoms with Gasteiger partial charge in [-0.1, -0.05) is 0 Å². The van der Waals surface area contributed by atoms with Gasteiger partial charge in [0, 0.05) is 19.1 Å². The Labute approximate surface area is 125 Å². The van der Waals surface area contributed by atoms with Crippen LogP contribution in [-0.4, -0.2) is 53.8 Å². The SMILES string of the molecule is CCOC(=O)C1CCN(C(=O)NC2CCC(O)CC2)CC1. The lowest BCUT2D eigenvalue weighted by Crippen LogP contribution is -2.49. The van der Waals surface area contributed by atoms with Gasteiger partial charge in [0.2, 0.25) is 0 Å². The highest BCUT2D eigenvalue weighted by Gasteiger charge is 2.29. The molecule has 0 bridgehead atoms. The second kappa shape index (κ2) is 7.64. The third kappa shape index (κ3) is 4.59. The maximum Gasteiger partial charge on any atom is 0.317 e. The molecule has 1 saturated heterocycles.